The van der Waals surface area contributed by atoms with E-state index < -0.39 is 269 Å². The molecule has 0 aliphatic rings. The Labute approximate surface area is 311 Å². The molecule has 46 heavy (non-hydrogen) atoms. The van der Waals surface area contributed by atoms with Gasteiger partial charge in [-0.25, -0.2) is 0 Å². The van der Waals surface area contributed by atoms with Gasteiger partial charge in [-0.3, -0.25) is 0 Å². The lowest BCUT2D eigenvalue weighted by Crippen LogP contribution is -1.92. The second-order valence-electron chi connectivity index (χ2n) is 9.75. The molecular weight excluding hydrogens is 553 g/mol. The van der Waals surface area contributed by atoms with Gasteiger partial charge in [0.05, 0.1) is 41.1 Å². The molecule has 9 aromatic carbocycles. The molecule has 0 N–H and O–H groups in total. The summed E-state index contributed by atoms with van der Waals surface area (Å²) in [6.45, 7) is 0. The van der Waals surface area contributed by atoms with Gasteiger partial charge in [0.2, 0.25) is 0 Å². The fourth-order valence-corrected chi connectivity index (χ4v) is 5.28. The molecule has 0 fully saturated rings. The van der Waals surface area contributed by atoms with Crippen LogP contribution in [0.4, 0.5) is 0 Å². The van der Waals surface area contributed by atoms with E-state index in [0.717, 1.165) is 0 Å². The lowest BCUT2D eigenvalue weighted by molar-refractivity contribution is 1.62. The van der Waals surface area contributed by atoms with Crippen molar-refractivity contribution in [1.29, 1.82) is 0 Å². The first kappa shape index (κ1) is 10.0. The molecule has 0 aliphatic carbocycles. The molecule has 0 bridgehead atoms. The van der Waals surface area contributed by atoms with E-state index in [1.807, 2.05) is 0 Å². The van der Waals surface area contributed by atoms with Gasteiger partial charge in [-0.1, -0.05) is 175 Å². The van der Waals surface area contributed by atoms with Crippen LogP contribution < -0.4 is 0 Å². The van der Waals surface area contributed by atoms with Gasteiger partial charge >= 0.3 is 0 Å². The van der Waals surface area contributed by atoms with Gasteiger partial charge in [0.25, 0.3) is 0 Å². The van der Waals surface area contributed by atoms with Crippen molar-refractivity contribution in [3.8, 4) is 44.5 Å². The van der Waals surface area contributed by atoms with Crippen LogP contribution in [0.5, 0.6) is 0 Å². The van der Waals surface area contributed by atoms with Crippen LogP contribution in [-0.4, -0.2) is 0 Å². The minimum atomic E-state index is -1.14. The number of benzene rings is 9. The normalized spacial score (nSPS) is 20.6. The van der Waals surface area contributed by atoms with Crippen molar-refractivity contribution in [2.75, 3.05) is 0 Å². The quantitative estimate of drug-likeness (QED) is 0.173. The largest absolute Gasteiger partial charge is 0.0636 e. The zero-order chi connectivity index (χ0) is 56.6. The zero-order valence-corrected chi connectivity index (χ0v) is 23.0. The molecule has 0 atom stereocenters. The first-order valence-corrected chi connectivity index (χ1v) is 13.5. The van der Waals surface area contributed by atoms with E-state index in [4.69, 9.17) is 24.7 Å². The monoisotopic (exact) mass is 612 g/mol. The van der Waals surface area contributed by atoms with Crippen LogP contribution in [0.15, 0.2) is 181 Å². The van der Waals surface area contributed by atoms with Gasteiger partial charge < -0.3 is 0 Å². The molecule has 0 amide bonds. The van der Waals surface area contributed by atoms with E-state index >= 15 is 0 Å². The Hall–Kier alpha value is -5.98. The summed E-state index contributed by atoms with van der Waals surface area (Å²) in [4.78, 5) is 0. The van der Waals surface area contributed by atoms with Gasteiger partial charge in [-0.2, -0.15) is 0 Å². The maximum absolute atomic E-state index is 9.70. The Morgan fingerprint density at radius 2 is 0.717 bits per heavy atom. The Morgan fingerprint density at radius 3 is 1.37 bits per heavy atom. The standard InChI is InChI=1S/C46H30/c1-2-13-33(14-3-1)37-28-29-44(39-17-7-6-16-38(37)39)46-42-20-10-8-18-40(42)45(41-19-9-11-21-43(41)46)34-25-22-32(23-26-34)36-27-24-31-12-4-5-15-35(31)30-36/h1-30H/i1D,2D,3D,4D,5D,6D,7D,8D,9D,10D,11D,12D,13D,14D,15D,16D,17D,18D,19D,20D,21D,22D,23D,24D,25D,26D,27D,28D,29D,30D. The fourth-order valence-electron chi connectivity index (χ4n) is 5.28. The Morgan fingerprint density at radius 1 is 0.261 bits per heavy atom. The lowest BCUT2D eigenvalue weighted by Gasteiger charge is -2.20. The molecule has 214 valence electrons. The van der Waals surface area contributed by atoms with Gasteiger partial charge in [0, 0.05) is 0 Å². The summed E-state index contributed by atoms with van der Waals surface area (Å²) in [6.07, 6.45) is 0. The first-order chi connectivity index (χ1) is 35.3. The summed E-state index contributed by atoms with van der Waals surface area (Å²) in [7, 11) is 0. The van der Waals surface area contributed by atoms with Crippen LogP contribution in [-0.2, 0) is 0 Å². The van der Waals surface area contributed by atoms with Crippen molar-refractivity contribution in [2.24, 2.45) is 0 Å². The van der Waals surface area contributed by atoms with Crippen molar-refractivity contribution in [3.63, 3.8) is 0 Å². The highest BCUT2D eigenvalue weighted by Crippen LogP contribution is 2.46. The minimum Gasteiger partial charge on any atom is -0.0622 e. The maximum atomic E-state index is 9.70. The molecule has 0 radical (unpaired) electrons. The topological polar surface area (TPSA) is 0 Å². The van der Waals surface area contributed by atoms with Crippen LogP contribution in [0, 0.1) is 0 Å². The second kappa shape index (κ2) is 10.9. The average Bonchev–Trinajstić information content (AvgIpc) is 3.38. The Bertz CT molecular complexity index is 4140. The fraction of sp³-hybridized carbons (Fsp3) is 0. The van der Waals surface area contributed by atoms with Gasteiger partial charge in [0.1, 0.15) is 0 Å². The Balaban J connectivity index is 1.57. The molecule has 0 spiro atoms. The van der Waals surface area contributed by atoms with Gasteiger partial charge in [-0.15, -0.1) is 0 Å². The van der Waals surface area contributed by atoms with Crippen molar-refractivity contribution in [3.05, 3.63) is 181 Å². The van der Waals surface area contributed by atoms with Crippen LogP contribution in [0.2, 0.25) is 0 Å². The SMILES string of the molecule is [2H]c1c([2H])c([2H])c(-c2c([2H])c([2H])c(-c3c4c([2H])c([2H])c([2H])c([2H])c4c(-c4c([2H])c([2H])c(-c5c([2H])c([2H])c6c([2H])c([2H])c([2H])c([2H])c6c5[2H])c([2H])c4[2H])c4c([2H])c([2H])c([2H])c([2H])c34)c3c([2H])c([2H])c([2H])c([2H])c23)c([2H])c1[2H]. The van der Waals surface area contributed by atoms with Crippen LogP contribution in [0.25, 0.3) is 87.6 Å². The molecule has 9 aromatic rings. The highest BCUT2D eigenvalue weighted by molar-refractivity contribution is 6.24. The molecule has 0 unspecified atom stereocenters. The summed E-state index contributed by atoms with van der Waals surface area (Å²) < 4.78 is 269. The number of hydrogen-bond donors (Lipinski definition) is 0. The number of fused-ring (bicyclic) bond motifs is 4. The van der Waals surface area contributed by atoms with Gasteiger partial charge in [-0.05, 0) is 93.6 Å². The smallest absolute Gasteiger partial charge is 0.0622 e. The summed E-state index contributed by atoms with van der Waals surface area (Å²) in [5, 5.41) is -5.99. The Kier molecular flexibility index (Phi) is 2.37. The summed E-state index contributed by atoms with van der Waals surface area (Å²) in [5.41, 5.74) is -6.59. The molecule has 0 heteroatoms. The molecule has 0 saturated carbocycles. The average molecular weight is 613 g/mol. The van der Waals surface area contributed by atoms with Gasteiger partial charge in [0.15, 0.2) is 0 Å². The molecular formula is C46H30. The van der Waals surface area contributed by atoms with Crippen molar-refractivity contribution in [1.82, 2.24) is 0 Å². The first-order valence-electron chi connectivity index (χ1n) is 28.5. The van der Waals surface area contributed by atoms with Crippen LogP contribution >= 0.6 is 0 Å². The van der Waals surface area contributed by atoms with Crippen LogP contribution in [0.1, 0.15) is 41.1 Å². The second-order valence-corrected chi connectivity index (χ2v) is 9.75. The summed E-state index contributed by atoms with van der Waals surface area (Å²) in [5.74, 6) is 0. The minimum absolute atomic E-state index is 0.557. The highest BCUT2D eigenvalue weighted by Gasteiger charge is 2.19. The number of rotatable bonds is 4. The van der Waals surface area contributed by atoms with E-state index in [9.17, 15) is 16.4 Å². The van der Waals surface area contributed by atoms with E-state index in [1.165, 1.54) is 0 Å². The molecule has 0 nitrogen and oxygen atoms in total. The summed E-state index contributed by atoms with van der Waals surface area (Å²) in [6, 6.07) is -29.8. The predicted octanol–water partition coefficient (Wildman–Crippen LogP) is 13.0. The van der Waals surface area contributed by atoms with E-state index in [-0.39, 0.29) is 0 Å². The number of hydrogen-bond acceptors (Lipinski definition) is 0. The highest BCUT2D eigenvalue weighted by atomic mass is 14.2. The van der Waals surface area contributed by atoms with E-state index in [2.05, 4.69) is 0 Å². The maximum Gasteiger partial charge on any atom is 0.0636 e. The summed E-state index contributed by atoms with van der Waals surface area (Å²) >= 11 is 0. The molecule has 0 aromatic heterocycles. The zero-order valence-electron chi connectivity index (χ0n) is 53.0. The molecule has 0 saturated heterocycles. The van der Waals surface area contributed by atoms with Crippen molar-refractivity contribution < 1.29 is 41.1 Å². The third kappa shape index (κ3) is 4.30. The molecule has 0 heterocycles. The van der Waals surface area contributed by atoms with Crippen molar-refractivity contribution in [2.45, 2.75) is 0 Å². The van der Waals surface area contributed by atoms with Crippen molar-refractivity contribution >= 4 is 43.1 Å². The third-order valence-electron chi connectivity index (χ3n) is 7.25. The van der Waals surface area contributed by atoms with Crippen LogP contribution in [0.3, 0.4) is 0 Å². The molecule has 9 rings (SSSR count). The third-order valence-corrected chi connectivity index (χ3v) is 7.25. The molecule has 0 aliphatic heterocycles. The van der Waals surface area contributed by atoms with E-state index in [1.54, 1.807) is 0 Å². The predicted molar refractivity (Wildman–Crippen MR) is 198 cm³/mol. The lowest BCUT2D eigenvalue weighted by atomic mass is 9.83. The van der Waals surface area contributed by atoms with E-state index in [0.29, 0.717) is 0 Å².